The molecule has 31 heavy (non-hydrogen) atoms. The van der Waals surface area contributed by atoms with Crippen LogP contribution in [0.1, 0.15) is 57.3 Å². The smallest absolute Gasteiger partial charge is 0.256 e. The molecule has 1 aromatic heterocycles. The number of hydrogen-bond donors (Lipinski definition) is 2. The van der Waals surface area contributed by atoms with Crippen molar-refractivity contribution in [1.82, 2.24) is 9.62 Å². The van der Waals surface area contributed by atoms with Gasteiger partial charge in [0.05, 0.1) is 10.5 Å². The fourth-order valence-corrected chi connectivity index (χ4v) is 7.16. The Hall–Kier alpha value is -2.23. The predicted molar refractivity (Wildman–Crippen MR) is 121 cm³/mol. The van der Waals surface area contributed by atoms with Crippen LogP contribution in [-0.2, 0) is 22.9 Å². The molecule has 1 saturated heterocycles. The Kier molecular flexibility index (Phi) is 6.18. The summed E-state index contributed by atoms with van der Waals surface area (Å²) in [6.07, 6.45) is 4.50. The van der Waals surface area contributed by atoms with Crippen molar-refractivity contribution in [2.24, 2.45) is 5.92 Å². The number of carbonyl (C=O) groups excluding carboxylic acids is 2. The molecule has 7 nitrogen and oxygen atoms in total. The molecule has 2 amide bonds. The van der Waals surface area contributed by atoms with Gasteiger partial charge >= 0.3 is 0 Å². The number of rotatable bonds is 5. The second-order valence-corrected chi connectivity index (χ2v) is 11.3. The summed E-state index contributed by atoms with van der Waals surface area (Å²) in [5.74, 6) is -0.00586. The molecule has 2 heterocycles. The van der Waals surface area contributed by atoms with Crippen molar-refractivity contribution in [2.75, 3.05) is 25.5 Å². The normalized spacial score (nSPS) is 19.1. The molecule has 1 aromatic carbocycles. The minimum Gasteiger partial charge on any atom is -0.355 e. The second kappa shape index (κ2) is 8.72. The highest BCUT2D eigenvalue weighted by molar-refractivity contribution is 7.89. The van der Waals surface area contributed by atoms with Gasteiger partial charge in [0.15, 0.2) is 0 Å². The summed E-state index contributed by atoms with van der Waals surface area (Å²) >= 11 is 1.46. The zero-order chi connectivity index (χ0) is 22.2. The third-order valence-electron chi connectivity index (χ3n) is 6.01. The van der Waals surface area contributed by atoms with Gasteiger partial charge in [-0.3, -0.25) is 9.59 Å². The minimum absolute atomic E-state index is 0.192. The highest BCUT2D eigenvalue weighted by Gasteiger charge is 2.29. The lowest BCUT2D eigenvalue weighted by Gasteiger charge is -2.18. The van der Waals surface area contributed by atoms with E-state index in [1.165, 1.54) is 39.9 Å². The van der Waals surface area contributed by atoms with Crippen LogP contribution in [0, 0.1) is 5.92 Å². The summed E-state index contributed by atoms with van der Waals surface area (Å²) in [6, 6.07) is 5.99. The maximum atomic E-state index is 12.9. The first-order valence-electron chi connectivity index (χ1n) is 10.6. The van der Waals surface area contributed by atoms with Crippen LogP contribution in [0.15, 0.2) is 29.2 Å². The summed E-state index contributed by atoms with van der Waals surface area (Å²) in [6.45, 7) is 3.27. The van der Waals surface area contributed by atoms with E-state index in [-0.39, 0.29) is 16.7 Å². The van der Waals surface area contributed by atoms with E-state index in [2.05, 4.69) is 17.6 Å². The molecule has 1 atom stereocenters. The fourth-order valence-electron chi connectivity index (χ4n) is 4.24. The number of benzene rings is 1. The summed E-state index contributed by atoms with van der Waals surface area (Å²) in [7, 11) is -1.93. The van der Waals surface area contributed by atoms with E-state index in [0.717, 1.165) is 42.5 Å². The van der Waals surface area contributed by atoms with E-state index in [1.807, 2.05) is 0 Å². The highest BCUT2D eigenvalue weighted by atomic mass is 32.2. The van der Waals surface area contributed by atoms with Crippen molar-refractivity contribution < 1.29 is 18.0 Å². The number of sulfonamides is 1. The van der Waals surface area contributed by atoms with Crippen molar-refractivity contribution in [1.29, 1.82) is 0 Å². The summed E-state index contributed by atoms with van der Waals surface area (Å²) in [4.78, 5) is 26.7. The molecule has 1 fully saturated rings. The molecule has 4 rings (SSSR count). The van der Waals surface area contributed by atoms with E-state index < -0.39 is 10.0 Å². The Labute approximate surface area is 186 Å². The Morgan fingerprint density at radius 1 is 1.10 bits per heavy atom. The molecule has 9 heteroatoms. The molecule has 0 unspecified atom stereocenters. The third-order valence-corrected chi connectivity index (χ3v) is 9.09. The van der Waals surface area contributed by atoms with Gasteiger partial charge in [0.25, 0.3) is 11.8 Å². The molecule has 2 aliphatic rings. The van der Waals surface area contributed by atoms with Crippen LogP contribution in [0.3, 0.4) is 0 Å². The quantitative estimate of drug-likeness (QED) is 0.714. The van der Waals surface area contributed by atoms with Crippen molar-refractivity contribution in [3.8, 4) is 0 Å². The largest absolute Gasteiger partial charge is 0.355 e. The average Bonchev–Trinajstić information content (AvgIpc) is 3.41. The van der Waals surface area contributed by atoms with Gasteiger partial charge in [0, 0.05) is 30.6 Å². The van der Waals surface area contributed by atoms with Crippen molar-refractivity contribution >= 4 is 38.2 Å². The second-order valence-electron chi connectivity index (χ2n) is 8.22. The predicted octanol–water partition coefficient (Wildman–Crippen LogP) is 3.27. The monoisotopic (exact) mass is 461 g/mol. The van der Waals surface area contributed by atoms with Gasteiger partial charge in [-0.25, -0.2) is 8.42 Å². The van der Waals surface area contributed by atoms with Crippen LogP contribution in [0.4, 0.5) is 5.00 Å². The molecule has 0 saturated carbocycles. The van der Waals surface area contributed by atoms with Gasteiger partial charge < -0.3 is 10.6 Å². The number of hydrogen-bond acceptors (Lipinski definition) is 5. The molecule has 0 spiro atoms. The molecule has 1 aliphatic carbocycles. The maximum Gasteiger partial charge on any atom is 0.256 e. The first kappa shape index (κ1) is 22.0. The molecule has 166 valence electrons. The van der Waals surface area contributed by atoms with Crippen LogP contribution >= 0.6 is 11.3 Å². The minimum atomic E-state index is -3.52. The van der Waals surface area contributed by atoms with Crippen molar-refractivity contribution in [3.63, 3.8) is 0 Å². The SMILES string of the molecule is CNC(=O)c1c(NC(=O)c2ccc(S(=O)(=O)N3CCCC3)cc2)sc2c1CC[C@@H](C)C2. The van der Waals surface area contributed by atoms with Gasteiger partial charge in [-0.2, -0.15) is 4.31 Å². The Bertz CT molecular complexity index is 1100. The van der Waals surface area contributed by atoms with Crippen LogP contribution < -0.4 is 10.6 Å². The molecule has 1 aliphatic heterocycles. The van der Waals surface area contributed by atoms with Gasteiger partial charge in [0.2, 0.25) is 10.0 Å². The molecular formula is C22H27N3O4S2. The lowest BCUT2D eigenvalue weighted by molar-refractivity contribution is 0.0963. The van der Waals surface area contributed by atoms with Crippen LogP contribution in [0.2, 0.25) is 0 Å². The van der Waals surface area contributed by atoms with Gasteiger partial charge in [-0.1, -0.05) is 6.92 Å². The molecule has 0 bridgehead atoms. The fraction of sp³-hybridized carbons (Fsp3) is 0.455. The van der Waals surface area contributed by atoms with E-state index in [9.17, 15) is 18.0 Å². The standard InChI is InChI=1S/C22H27N3O4S2/c1-14-5-10-17-18(13-14)30-22(19(17)21(27)23-2)24-20(26)15-6-8-16(9-7-15)31(28,29)25-11-3-4-12-25/h6-9,14H,3-5,10-13H2,1-2H3,(H,23,27)(H,24,26)/t14-/m1/s1. The van der Waals surface area contributed by atoms with Crippen molar-refractivity contribution in [2.45, 2.75) is 43.9 Å². The molecule has 2 N–H and O–H groups in total. The van der Waals surface area contributed by atoms with E-state index in [4.69, 9.17) is 0 Å². The molecular weight excluding hydrogens is 434 g/mol. The van der Waals surface area contributed by atoms with E-state index in [0.29, 0.717) is 35.1 Å². The van der Waals surface area contributed by atoms with Gasteiger partial charge in [0.1, 0.15) is 5.00 Å². The number of nitrogens with one attached hydrogen (secondary N) is 2. The molecule has 2 aromatic rings. The number of fused-ring (bicyclic) bond motifs is 1. The average molecular weight is 462 g/mol. The van der Waals surface area contributed by atoms with Crippen molar-refractivity contribution in [3.05, 3.63) is 45.8 Å². The number of nitrogens with zero attached hydrogens (tertiary/aromatic N) is 1. The Balaban J connectivity index is 1.57. The number of carbonyl (C=O) groups is 2. The first-order valence-corrected chi connectivity index (χ1v) is 12.8. The van der Waals surface area contributed by atoms with Crippen LogP contribution in [0.25, 0.3) is 0 Å². The number of anilines is 1. The Morgan fingerprint density at radius 2 is 1.77 bits per heavy atom. The zero-order valence-electron chi connectivity index (χ0n) is 17.7. The first-order chi connectivity index (χ1) is 14.8. The maximum absolute atomic E-state index is 12.9. The zero-order valence-corrected chi connectivity index (χ0v) is 19.4. The summed E-state index contributed by atoms with van der Waals surface area (Å²) in [5.41, 5.74) is 1.93. The van der Waals surface area contributed by atoms with E-state index >= 15 is 0 Å². The Morgan fingerprint density at radius 3 is 2.42 bits per heavy atom. The van der Waals surface area contributed by atoms with E-state index in [1.54, 1.807) is 7.05 Å². The topological polar surface area (TPSA) is 95.6 Å². The number of amides is 2. The number of thiophene rings is 1. The summed E-state index contributed by atoms with van der Waals surface area (Å²) < 4.78 is 26.8. The lowest BCUT2D eigenvalue weighted by atomic mass is 9.88. The lowest BCUT2D eigenvalue weighted by Crippen LogP contribution is -2.27. The van der Waals surface area contributed by atoms with Crippen LogP contribution in [-0.4, -0.2) is 44.7 Å². The van der Waals surface area contributed by atoms with Crippen LogP contribution in [0.5, 0.6) is 0 Å². The summed E-state index contributed by atoms with van der Waals surface area (Å²) in [5, 5.41) is 6.12. The van der Waals surface area contributed by atoms with Gasteiger partial charge in [-0.15, -0.1) is 11.3 Å². The molecule has 0 radical (unpaired) electrons. The van der Waals surface area contributed by atoms with Gasteiger partial charge in [-0.05, 0) is 67.9 Å². The highest BCUT2D eigenvalue weighted by Crippen LogP contribution is 2.39. The third kappa shape index (κ3) is 4.26.